The normalized spacial score (nSPS) is 16.0. The van der Waals surface area contributed by atoms with E-state index >= 15 is 0 Å². The molecule has 0 radical (unpaired) electrons. The van der Waals surface area contributed by atoms with Gasteiger partial charge in [-0.05, 0) is 41.7 Å². The number of rotatable bonds is 7. The summed E-state index contributed by atoms with van der Waals surface area (Å²) in [6, 6.07) is 6.82. The van der Waals surface area contributed by atoms with Gasteiger partial charge in [-0.2, -0.15) is 11.8 Å². The minimum absolute atomic E-state index is 0.0114. The highest BCUT2D eigenvalue weighted by molar-refractivity contribution is 7.98. The molecule has 0 amide bonds. The van der Waals surface area contributed by atoms with Crippen molar-refractivity contribution in [2.24, 2.45) is 5.41 Å². The summed E-state index contributed by atoms with van der Waals surface area (Å²) in [7, 11) is 0. The lowest BCUT2D eigenvalue weighted by Gasteiger charge is -2.11. The third-order valence-electron chi connectivity index (χ3n) is 3.36. The number of carbonyl (C=O) groups is 2. The fourth-order valence-electron chi connectivity index (χ4n) is 2.00. The summed E-state index contributed by atoms with van der Waals surface area (Å²) in [5.74, 6) is 0.0165. The predicted molar refractivity (Wildman–Crippen MR) is 73.5 cm³/mol. The van der Waals surface area contributed by atoms with Crippen LogP contribution in [0.15, 0.2) is 24.3 Å². The van der Waals surface area contributed by atoms with Crippen LogP contribution in [0.2, 0.25) is 0 Å². The third kappa shape index (κ3) is 3.99. The quantitative estimate of drug-likeness (QED) is 0.803. The van der Waals surface area contributed by atoms with Gasteiger partial charge in [0.2, 0.25) is 0 Å². The van der Waals surface area contributed by atoms with Gasteiger partial charge < -0.3 is 10.2 Å². The van der Waals surface area contributed by atoms with Gasteiger partial charge in [0.05, 0.1) is 12.0 Å². The molecule has 0 bridgehead atoms. The minimum atomic E-state index is -0.919. The van der Waals surface area contributed by atoms with E-state index < -0.39 is 11.9 Å². The lowest BCUT2D eigenvalue weighted by Crippen LogP contribution is -2.11. The first-order valence-electron chi connectivity index (χ1n) is 6.13. The summed E-state index contributed by atoms with van der Waals surface area (Å²) in [6.45, 7) is 0. The largest absolute Gasteiger partial charge is 0.481 e. The molecule has 19 heavy (non-hydrogen) atoms. The number of carboxylic acid groups (broad SMARTS) is 2. The number of aliphatic carboxylic acids is 1. The van der Waals surface area contributed by atoms with Gasteiger partial charge in [-0.3, -0.25) is 4.79 Å². The van der Waals surface area contributed by atoms with Crippen LogP contribution in [-0.4, -0.2) is 27.9 Å². The highest BCUT2D eigenvalue weighted by atomic mass is 32.2. The van der Waals surface area contributed by atoms with Crippen LogP contribution in [0.5, 0.6) is 0 Å². The van der Waals surface area contributed by atoms with Gasteiger partial charge in [0, 0.05) is 5.75 Å². The van der Waals surface area contributed by atoms with Crippen LogP contribution < -0.4 is 0 Å². The van der Waals surface area contributed by atoms with Crippen molar-refractivity contribution in [1.29, 1.82) is 0 Å². The molecule has 4 nitrogen and oxygen atoms in total. The summed E-state index contributed by atoms with van der Waals surface area (Å²) in [5, 5.41) is 17.6. The highest BCUT2D eigenvalue weighted by Crippen LogP contribution is 2.51. The molecule has 0 spiro atoms. The molecule has 0 unspecified atom stereocenters. The lowest BCUT2D eigenvalue weighted by molar-refractivity contribution is -0.138. The average Bonchev–Trinajstić information content (AvgIpc) is 3.08. The van der Waals surface area contributed by atoms with Crippen LogP contribution in [0, 0.1) is 5.41 Å². The number of aromatic carboxylic acids is 1. The summed E-state index contributed by atoms with van der Waals surface area (Å²) >= 11 is 1.72. The Morgan fingerprint density at radius 2 is 1.79 bits per heavy atom. The van der Waals surface area contributed by atoms with Crippen LogP contribution in [-0.2, 0) is 10.5 Å². The SMILES string of the molecule is O=C(O)CC1(CSCc2ccc(C(=O)O)cc2)CC1. The van der Waals surface area contributed by atoms with E-state index in [1.54, 1.807) is 23.9 Å². The molecule has 1 fully saturated rings. The van der Waals surface area contributed by atoms with Crippen molar-refractivity contribution in [3.63, 3.8) is 0 Å². The average molecular weight is 280 g/mol. The molecule has 0 saturated heterocycles. The van der Waals surface area contributed by atoms with E-state index in [4.69, 9.17) is 10.2 Å². The molecule has 1 aromatic rings. The van der Waals surface area contributed by atoms with Crippen molar-refractivity contribution in [2.45, 2.75) is 25.0 Å². The second-order valence-corrected chi connectivity index (χ2v) is 6.05. The fraction of sp³-hybridized carbons (Fsp3) is 0.429. The van der Waals surface area contributed by atoms with Gasteiger partial charge in [0.15, 0.2) is 0 Å². The van der Waals surface area contributed by atoms with Crippen LogP contribution in [0.25, 0.3) is 0 Å². The molecule has 5 heteroatoms. The molecule has 2 rings (SSSR count). The first-order chi connectivity index (χ1) is 9.01. The first kappa shape index (κ1) is 13.9. The minimum Gasteiger partial charge on any atom is -0.481 e. The summed E-state index contributed by atoms with van der Waals surface area (Å²) < 4.78 is 0. The highest BCUT2D eigenvalue weighted by Gasteiger charge is 2.43. The van der Waals surface area contributed by atoms with Crippen molar-refractivity contribution in [3.05, 3.63) is 35.4 Å². The molecule has 0 atom stereocenters. The zero-order valence-corrected chi connectivity index (χ0v) is 11.3. The van der Waals surface area contributed by atoms with E-state index in [1.807, 2.05) is 12.1 Å². The molecule has 1 aromatic carbocycles. The molecule has 1 aliphatic rings. The van der Waals surface area contributed by atoms with Gasteiger partial charge in [-0.15, -0.1) is 0 Å². The Morgan fingerprint density at radius 1 is 1.16 bits per heavy atom. The van der Waals surface area contributed by atoms with Gasteiger partial charge in [0.25, 0.3) is 0 Å². The molecule has 0 heterocycles. The Bertz CT molecular complexity index is 477. The van der Waals surface area contributed by atoms with E-state index in [0.717, 1.165) is 29.9 Å². The maximum absolute atomic E-state index is 10.7. The topological polar surface area (TPSA) is 74.6 Å². The van der Waals surface area contributed by atoms with Crippen LogP contribution in [0.4, 0.5) is 0 Å². The van der Waals surface area contributed by atoms with E-state index in [9.17, 15) is 9.59 Å². The van der Waals surface area contributed by atoms with E-state index in [-0.39, 0.29) is 11.8 Å². The van der Waals surface area contributed by atoms with Gasteiger partial charge in [0.1, 0.15) is 0 Å². The second-order valence-electron chi connectivity index (χ2n) is 5.07. The lowest BCUT2D eigenvalue weighted by atomic mass is 10.1. The maximum Gasteiger partial charge on any atom is 0.335 e. The van der Waals surface area contributed by atoms with Crippen molar-refractivity contribution < 1.29 is 19.8 Å². The van der Waals surface area contributed by atoms with Crippen LogP contribution in [0.1, 0.15) is 35.2 Å². The zero-order chi connectivity index (χ0) is 13.9. The monoisotopic (exact) mass is 280 g/mol. The van der Waals surface area contributed by atoms with Crippen LogP contribution >= 0.6 is 11.8 Å². The van der Waals surface area contributed by atoms with Crippen molar-refractivity contribution >= 4 is 23.7 Å². The number of hydrogen-bond acceptors (Lipinski definition) is 3. The number of benzene rings is 1. The summed E-state index contributed by atoms with van der Waals surface area (Å²) in [6.07, 6.45) is 2.27. The first-order valence-corrected chi connectivity index (χ1v) is 7.28. The van der Waals surface area contributed by atoms with Crippen molar-refractivity contribution in [3.8, 4) is 0 Å². The van der Waals surface area contributed by atoms with Gasteiger partial charge >= 0.3 is 11.9 Å². The standard InChI is InChI=1S/C14H16O4S/c15-12(16)7-14(5-6-14)9-19-8-10-1-3-11(4-2-10)13(17)18/h1-4H,5-9H2,(H,15,16)(H,17,18). The molecule has 2 N–H and O–H groups in total. The summed E-state index contributed by atoms with van der Waals surface area (Å²) in [5.41, 5.74) is 1.37. The Kier molecular flexibility index (Phi) is 4.14. The molecule has 102 valence electrons. The summed E-state index contributed by atoms with van der Waals surface area (Å²) in [4.78, 5) is 21.4. The van der Waals surface area contributed by atoms with Gasteiger partial charge in [-0.25, -0.2) is 4.79 Å². The number of hydrogen-bond donors (Lipinski definition) is 2. The second kappa shape index (κ2) is 5.65. The maximum atomic E-state index is 10.7. The molecule has 1 aliphatic carbocycles. The number of thioether (sulfide) groups is 1. The molecule has 0 aromatic heterocycles. The van der Waals surface area contributed by atoms with Crippen LogP contribution in [0.3, 0.4) is 0 Å². The fourth-order valence-corrected chi connectivity index (χ4v) is 3.35. The zero-order valence-electron chi connectivity index (χ0n) is 10.5. The van der Waals surface area contributed by atoms with Crippen molar-refractivity contribution in [2.75, 3.05) is 5.75 Å². The molecule has 1 saturated carbocycles. The molecular weight excluding hydrogens is 264 g/mol. The van der Waals surface area contributed by atoms with Gasteiger partial charge in [-0.1, -0.05) is 12.1 Å². The van der Waals surface area contributed by atoms with Crippen molar-refractivity contribution in [1.82, 2.24) is 0 Å². The Balaban J connectivity index is 1.80. The van der Waals surface area contributed by atoms with E-state index in [2.05, 4.69) is 0 Å². The predicted octanol–water partition coefficient (Wildman–Crippen LogP) is 2.87. The molecule has 0 aliphatic heterocycles. The number of carboxylic acids is 2. The smallest absolute Gasteiger partial charge is 0.335 e. The Labute approximate surface area is 115 Å². The Hall–Kier alpha value is -1.49. The van der Waals surface area contributed by atoms with E-state index in [1.165, 1.54) is 0 Å². The van der Waals surface area contributed by atoms with E-state index in [0.29, 0.717) is 5.56 Å². The third-order valence-corrected chi connectivity index (χ3v) is 4.72. The Morgan fingerprint density at radius 3 is 2.26 bits per heavy atom. The molecular formula is C14H16O4S.